The normalized spacial score (nSPS) is 11.0. The Morgan fingerprint density at radius 3 is 2.17 bits per heavy atom. The van der Waals surface area contributed by atoms with Gasteiger partial charge in [-0.1, -0.05) is 0 Å². The van der Waals surface area contributed by atoms with E-state index in [2.05, 4.69) is 12.6 Å². The Labute approximate surface area is 76.5 Å². The fourth-order valence-corrected chi connectivity index (χ4v) is 0.416. The highest BCUT2D eigenvalue weighted by Gasteiger charge is 2.14. The SMILES string of the molecule is CS.NCC(=O)C[C@H](N)C(=O)O. The number of carbonyl (C=O) groups is 2. The molecule has 0 amide bonds. The highest BCUT2D eigenvalue weighted by atomic mass is 32.1. The molecule has 0 fully saturated rings. The third kappa shape index (κ3) is 7.52. The van der Waals surface area contributed by atoms with Crippen LogP contribution in [0.4, 0.5) is 0 Å². The van der Waals surface area contributed by atoms with Gasteiger partial charge >= 0.3 is 5.97 Å². The van der Waals surface area contributed by atoms with E-state index in [0.29, 0.717) is 0 Å². The molecule has 0 aliphatic heterocycles. The summed E-state index contributed by atoms with van der Waals surface area (Å²) in [6, 6.07) is -1.11. The zero-order valence-corrected chi connectivity index (χ0v) is 7.75. The zero-order chi connectivity index (χ0) is 10.1. The summed E-state index contributed by atoms with van der Waals surface area (Å²) >= 11 is 3.53. The number of nitrogens with two attached hydrogens (primary N) is 2. The molecule has 12 heavy (non-hydrogen) atoms. The minimum Gasteiger partial charge on any atom is -0.480 e. The van der Waals surface area contributed by atoms with E-state index in [4.69, 9.17) is 16.6 Å². The van der Waals surface area contributed by atoms with E-state index in [1.165, 1.54) is 0 Å². The Kier molecular flexibility index (Phi) is 9.90. The van der Waals surface area contributed by atoms with Gasteiger partial charge in [0.15, 0.2) is 0 Å². The first-order valence-corrected chi connectivity index (χ1v) is 4.12. The lowest BCUT2D eigenvalue weighted by molar-refractivity contribution is -0.140. The summed E-state index contributed by atoms with van der Waals surface area (Å²) in [5.41, 5.74) is 9.94. The molecular formula is C6H14N2O3S. The van der Waals surface area contributed by atoms with E-state index in [1.54, 1.807) is 6.26 Å². The van der Waals surface area contributed by atoms with Crippen molar-refractivity contribution in [2.45, 2.75) is 12.5 Å². The zero-order valence-electron chi connectivity index (χ0n) is 6.86. The molecule has 0 saturated carbocycles. The van der Waals surface area contributed by atoms with Crippen LogP contribution in [-0.2, 0) is 9.59 Å². The predicted molar refractivity (Wildman–Crippen MR) is 49.2 cm³/mol. The summed E-state index contributed by atoms with van der Waals surface area (Å²) in [5, 5.41) is 8.21. The number of carboxylic acid groups (broad SMARTS) is 1. The number of rotatable bonds is 4. The molecule has 5 N–H and O–H groups in total. The number of aliphatic carboxylic acids is 1. The second-order valence-corrected chi connectivity index (χ2v) is 1.89. The van der Waals surface area contributed by atoms with Crippen LogP contribution in [0.15, 0.2) is 0 Å². The standard InChI is InChI=1S/C5H10N2O3.CH4S/c6-2-3(8)1-4(7)5(9)10;1-2/h4H,1-2,6-7H2,(H,9,10);2H,1H3/t4-;/m0./s1. The average molecular weight is 194 g/mol. The van der Waals surface area contributed by atoms with Gasteiger partial charge < -0.3 is 16.6 Å². The predicted octanol–water partition coefficient (Wildman–Crippen LogP) is -1.14. The van der Waals surface area contributed by atoms with E-state index < -0.39 is 12.0 Å². The number of carbonyl (C=O) groups excluding carboxylic acids is 1. The van der Waals surface area contributed by atoms with Gasteiger partial charge in [0.05, 0.1) is 6.54 Å². The topological polar surface area (TPSA) is 106 Å². The summed E-state index contributed by atoms with van der Waals surface area (Å²) in [5.74, 6) is -1.52. The van der Waals surface area contributed by atoms with Crippen LogP contribution in [0.25, 0.3) is 0 Å². The Bertz CT molecular complexity index is 152. The summed E-state index contributed by atoms with van der Waals surface area (Å²) in [7, 11) is 0. The van der Waals surface area contributed by atoms with Crippen LogP contribution >= 0.6 is 12.6 Å². The fraction of sp³-hybridized carbons (Fsp3) is 0.667. The molecule has 72 valence electrons. The van der Waals surface area contributed by atoms with Crippen molar-refractivity contribution in [3.05, 3.63) is 0 Å². The van der Waals surface area contributed by atoms with Crippen molar-refractivity contribution < 1.29 is 14.7 Å². The Hall–Kier alpha value is -0.590. The van der Waals surface area contributed by atoms with Crippen LogP contribution in [0.2, 0.25) is 0 Å². The maximum Gasteiger partial charge on any atom is 0.320 e. The minimum atomic E-state index is -1.18. The molecule has 0 aliphatic carbocycles. The fourth-order valence-electron chi connectivity index (χ4n) is 0.416. The van der Waals surface area contributed by atoms with Crippen molar-refractivity contribution >= 4 is 24.4 Å². The van der Waals surface area contributed by atoms with Crippen LogP contribution in [0.5, 0.6) is 0 Å². The number of Topliss-reactive ketones (excluding diaryl/α,β-unsaturated/α-hetero) is 1. The van der Waals surface area contributed by atoms with Crippen molar-refractivity contribution in [1.82, 2.24) is 0 Å². The van der Waals surface area contributed by atoms with Crippen LogP contribution < -0.4 is 11.5 Å². The number of carboxylic acids is 1. The van der Waals surface area contributed by atoms with Crippen molar-refractivity contribution in [3.63, 3.8) is 0 Å². The van der Waals surface area contributed by atoms with Crippen LogP contribution in [0.3, 0.4) is 0 Å². The Morgan fingerprint density at radius 1 is 1.50 bits per heavy atom. The lowest BCUT2D eigenvalue weighted by Crippen LogP contribution is -2.34. The van der Waals surface area contributed by atoms with E-state index in [9.17, 15) is 9.59 Å². The lowest BCUT2D eigenvalue weighted by Gasteiger charge is -2.01. The highest BCUT2D eigenvalue weighted by Crippen LogP contribution is 1.87. The van der Waals surface area contributed by atoms with Crippen molar-refractivity contribution in [1.29, 1.82) is 0 Å². The molecule has 0 aromatic heterocycles. The molecule has 0 aromatic rings. The highest BCUT2D eigenvalue weighted by molar-refractivity contribution is 7.79. The number of hydrogen-bond donors (Lipinski definition) is 4. The maximum absolute atomic E-state index is 10.5. The summed E-state index contributed by atoms with van der Waals surface area (Å²) in [4.78, 5) is 20.5. The molecule has 5 nitrogen and oxygen atoms in total. The molecule has 6 heteroatoms. The van der Waals surface area contributed by atoms with Gasteiger partial charge in [-0.05, 0) is 6.26 Å². The van der Waals surface area contributed by atoms with Gasteiger partial charge in [-0.15, -0.1) is 0 Å². The van der Waals surface area contributed by atoms with Gasteiger partial charge in [-0.3, -0.25) is 9.59 Å². The quantitative estimate of drug-likeness (QED) is 0.423. The number of hydrogen-bond acceptors (Lipinski definition) is 5. The second kappa shape index (κ2) is 8.51. The molecule has 0 saturated heterocycles. The first kappa shape index (κ1) is 14.0. The maximum atomic E-state index is 10.5. The Morgan fingerprint density at radius 2 is 1.92 bits per heavy atom. The number of ketones is 1. The largest absolute Gasteiger partial charge is 0.480 e. The van der Waals surface area contributed by atoms with Gasteiger partial charge in [0.2, 0.25) is 0 Å². The minimum absolute atomic E-state index is 0.152. The lowest BCUT2D eigenvalue weighted by atomic mass is 10.1. The third-order valence-electron chi connectivity index (χ3n) is 0.992. The van der Waals surface area contributed by atoms with E-state index >= 15 is 0 Å². The van der Waals surface area contributed by atoms with E-state index in [-0.39, 0.29) is 18.7 Å². The molecule has 0 radical (unpaired) electrons. The van der Waals surface area contributed by atoms with Crippen LogP contribution in [-0.4, -0.2) is 35.7 Å². The first-order chi connectivity index (χ1) is 5.57. The van der Waals surface area contributed by atoms with Gasteiger partial charge in [0, 0.05) is 6.42 Å². The van der Waals surface area contributed by atoms with Gasteiger partial charge in [-0.25, -0.2) is 0 Å². The molecule has 0 aliphatic rings. The third-order valence-corrected chi connectivity index (χ3v) is 0.992. The molecule has 0 bridgehead atoms. The monoisotopic (exact) mass is 194 g/mol. The first-order valence-electron chi connectivity index (χ1n) is 3.22. The van der Waals surface area contributed by atoms with Gasteiger partial charge in [-0.2, -0.15) is 12.6 Å². The summed E-state index contributed by atoms with van der Waals surface area (Å²) in [6.45, 7) is -0.152. The molecule has 0 rings (SSSR count). The van der Waals surface area contributed by atoms with E-state index in [1.807, 2.05) is 0 Å². The Balaban J connectivity index is 0. The summed E-state index contributed by atoms with van der Waals surface area (Å²) < 4.78 is 0. The van der Waals surface area contributed by atoms with Crippen LogP contribution in [0.1, 0.15) is 6.42 Å². The van der Waals surface area contributed by atoms with Crippen molar-refractivity contribution in [2.24, 2.45) is 11.5 Å². The molecular weight excluding hydrogens is 180 g/mol. The van der Waals surface area contributed by atoms with Crippen molar-refractivity contribution in [2.75, 3.05) is 12.8 Å². The number of thiol groups is 1. The molecule has 0 heterocycles. The molecule has 1 atom stereocenters. The molecule has 0 spiro atoms. The van der Waals surface area contributed by atoms with Gasteiger partial charge in [0.25, 0.3) is 0 Å². The van der Waals surface area contributed by atoms with Gasteiger partial charge in [0.1, 0.15) is 11.8 Å². The average Bonchev–Trinajstić information content (AvgIpc) is 2.07. The van der Waals surface area contributed by atoms with Crippen molar-refractivity contribution in [3.8, 4) is 0 Å². The molecule has 0 aromatic carbocycles. The van der Waals surface area contributed by atoms with E-state index in [0.717, 1.165) is 0 Å². The second-order valence-electron chi connectivity index (χ2n) is 1.89. The molecule has 0 unspecified atom stereocenters. The van der Waals surface area contributed by atoms with Crippen LogP contribution in [0, 0.1) is 0 Å². The summed E-state index contributed by atoms with van der Waals surface area (Å²) in [6.07, 6.45) is 1.51. The smallest absolute Gasteiger partial charge is 0.320 e.